The summed E-state index contributed by atoms with van der Waals surface area (Å²) in [5.74, 6) is -0.967. The average Bonchev–Trinajstić information content (AvgIpc) is 2.45. The number of para-hydroxylation sites is 2. The first-order valence-electron chi connectivity index (χ1n) is 6.13. The summed E-state index contributed by atoms with van der Waals surface area (Å²) in [7, 11) is 0. The minimum Gasteiger partial charge on any atom is -0.478 e. The number of hydrogen-bond acceptors (Lipinski definition) is 2. The molecule has 20 heavy (non-hydrogen) atoms. The van der Waals surface area contributed by atoms with Crippen LogP contribution in [-0.2, 0) is 0 Å². The molecule has 0 bridgehead atoms. The second-order valence-corrected chi connectivity index (χ2v) is 5.28. The molecule has 0 saturated carbocycles. The van der Waals surface area contributed by atoms with Gasteiger partial charge in [-0.1, -0.05) is 32.0 Å². The Hall–Kier alpha value is -1.33. The Morgan fingerprint density at radius 1 is 1.00 bits per heavy atom. The quantitative estimate of drug-likeness (QED) is 0.696. The van der Waals surface area contributed by atoms with Crippen LogP contribution in [0.3, 0.4) is 0 Å². The van der Waals surface area contributed by atoms with Gasteiger partial charge in [0.2, 0.25) is 0 Å². The number of hydrogen-bond donors (Lipinski definition) is 2. The van der Waals surface area contributed by atoms with E-state index in [2.05, 4.69) is 37.2 Å². The van der Waals surface area contributed by atoms with Crippen LogP contribution in [0.1, 0.15) is 24.2 Å². The summed E-state index contributed by atoms with van der Waals surface area (Å²) in [5.41, 5.74) is 1.57. The molecule has 0 unspecified atom stereocenters. The van der Waals surface area contributed by atoms with E-state index in [9.17, 15) is 4.79 Å². The van der Waals surface area contributed by atoms with Crippen molar-refractivity contribution >= 4 is 49.2 Å². The molecule has 0 aliphatic heterocycles. The molecule has 0 aliphatic carbocycles. The van der Waals surface area contributed by atoms with Crippen molar-refractivity contribution in [1.82, 2.24) is 0 Å². The van der Waals surface area contributed by atoms with Gasteiger partial charge >= 0.3 is 5.97 Å². The third-order valence-corrected chi connectivity index (χ3v) is 3.73. The minimum absolute atomic E-state index is 0.222. The summed E-state index contributed by atoms with van der Waals surface area (Å²) < 4.78 is 1.58. The molecular formula is C15H15Br2NO2. The lowest BCUT2D eigenvalue weighted by Crippen LogP contribution is -2.03. The van der Waals surface area contributed by atoms with E-state index in [0.717, 1.165) is 10.2 Å². The third kappa shape index (κ3) is 4.08. The number of carbonyl (C=O) groups is 1. The molecular weight excluding hydrogens is 386 g/mol. The number of halogens is 2. The van der Waals surface area contributed by atoms with Crippen molar-refractivity contribution < 1.29 is 9.90 Å². The molecule has 3 nitrogen and oxygen atoms in total. The summed E-state index contributed by atoms with van der Waals surface area (Å²) in [6.07, 6.45) is 0. The van der Waals surface area contributed by atoms with Crippen molar-refractivity contribution in [3.05, 3.63) is 57.0 Å². The number of carboxylic acids is 1. The van der Waals surface area contributed by atoms with Gasteiger partial charge in [-0.2, -0.15) is 0 Å². The molecule has 0 atom stereocenters. The zero-order chi connectivity index (χ0) is 15.1. The molecule has 0 heterocycles. The molecule has 2 aromatic carbocycles. The average molecular weight is 401 g/mol. The summed E-state index contributed by atoms with van der Waals surface area (Å²) in [6, 6.07) is 12.6. The Morgan fingerprint density at radius 3 is 2.20 bits per heavy atom. The number of anilines is 2. The summed E-state index contributed by atoms with van der Waals surface area (Å²) >= 11 is 6.77. The van der Waals surface area contributed by atoms with Crippen LogP contribution in [0.15, 0.2) is 51.4 Å². The van der Waals surface area contributed by atoms with Gasteiger partial charge in [0.1, 0.15) is 0 Å². The highest BCUT2D eigenvalue weighted by atomic mass is 79.9. The Kier molecular flexibility index (Phi) is 6.75. The van der Waals surface area contributed by atoms with Crippen LogP contribution in [0.2, 0.25) is 0 Å². The highest BCUT2D eigenvalue weighted by Gasteiger charge is 2.13. The molecule has 0 saturated heterocycles. The lowest BCUT2D eigenvalue weighted by molar-refractivity contribution is 0.0698. The van der Waals surface area contributed by atoms with E-state index in [1.807, 2.05) is 38.1 Å². The number of carboxylic acid groups (broad SMARTS) is 1. The molecule has 0 aromatic heterocycles. The van der Waals surface area contributed by atoms with Gasteiger partial charge in [-0.15, -0.1) is 0 Å². The lowest BCUT2D eigenvalue weighted by Gasteiger charge is -2.12. The number of benzene rings is 2. The molecule has 106 valence electrons. The molecule has 0 fully saturated rings. The van der Waals surface area contributed by atoms with Gasteiger partial charge < -0.3 is 10.4 Å². The fraction of sp³-hybridized carbons (Fsp3) is 0.133. The van der Waals surface area contributed by atoms with Crippen LogP contribution in [0.25, 0.3) is 0 Å². The topological polar surface area (TPSA) is 49.3 Å². The second kappa shape index (κ2) is 8.07. The van der Waals surface area contributed by atoms with E-state index >= 15 is 0 Å². The van der Waals surface area contributed by atoms with Crippen molar-refractivity contribution in [1.29, 1.82) is 0 Å². The standard InChI is InChI=1S/C13H9Br2NO2.C2H6/c14-9-5-1-2-7-11(9)16-12-8(13(17)18)4-3-6-10(12)15;1-2/h1-7,16H,(H,17,18);1-2H3. The molecule has 0 amide bonds. The van der Waals surface area contributed by atoms with Gasteiger partial charge in [-0.25, -0.2) is 4.79 Å². The van der Waals surface area contributed by atoms with Gasteiger partial charge in [-0.05, 0) is 56.1 Å². The van der Waals surface area contributed by atoms with Crippen LogP contribution in [-0.4, -0.2) is 11.1 Å². The maximum atomic E-state index is 11.2. The summed E-state index contributed by atoms with van der Waals surface area (Å²) in [6.45, 7) is 4.00. The van der Waals surface area contributed by atoms with Crippen LogP contribution < -0.4 is 5.32 Å². The Morgan fingerprint density at radius 2 is 1.60 bits per heavy atom. The Balaban J connectivity index is 0.000000956. The maximum Gasteiger partial charge on any atom is 0.337 e. The molecule has 2 rings (SSSR count). The van der Waals surface area contributed by atoms with E-state index in [1.165, 1.54) is 0 Å². The van der Waals surface area contributed by atoms with Crippen LogP contribution in [0.4, 0.5) is 11.4 Å². The molecule has 5 heteroatoms. The predicted octanol–water partition coefficient (Wildman–Crippen LogP) is 5.68. The van der Waals surface area contributed by atoms with E-state index in [1.54, 1.807) is 18.2 Å². The smallest absolute Gasteiger partial charge is 0.337 e. The lowest BCUT2D eigenvalue weighted by atomic mass is 10.1. The second-order valence-electron chi connectivity index (χ2n) is 3.57. The van der Waals surface area contributed by atoms with Crippen molar-refractivity contribution in [2.45, 2.75) is 13.8 Å². The van der Waals surface area contributed by atoms with Crippen molar-refractivity contribution in [2.24, 2.45) is 0 Å². The monoisotopic (exact) mass is 399 g/mol. The summed E-state index contributed by atoms with van der Waals surface area (Å²) in [5, 5.41) is 12.3. The fourth-order valence-electron chi connectivity index (χ4n) is 1.53. The van der Waals surface area contributed by atoms with Gasteiger partial charge in [0.25, 0.3) is 0 Å². The van der Waals surface area contributed by atoms with Crippen molar-refractivity contribution in [3.8, 4) is 0 Å². The van der Waals surface area contributed by atoms with Crippen LogP contribution >= 0.6 is 31.9 Å². The van der Waals surface area contributed by atoms with Gasteiger partial charge in [-0.3, -0.25) is 0 Å². The first kappa shape index (κ1) is 16.7. The van der Waals surface area contributed by atoms with E-state index in [-0.39, 0.29) is 5.56 Å². The van der Waals surface area contributed by atoms with E-state index in [0.29, 0.717) is 10.2 Å². The first-order chi connectivity index (χ1) is 9.59. The molecule has 0 radical (unpaired) electrons. The Labute approximate surface area is 135 Å². The number of aromatic carboxylic acids is 1. The molecule has 2 aromatic rings. The molecule has 2 N–H and O–H groups in total. The van der Waals surface area contributed by atoms with Gasteiger partial charge in [0, 0.05) is 8.95 Å². The molecule has 0 spiro atoms. The van der Waals surface area contributed by atoms with Gasteiger partial charge in [0.05, 0.1) is 16.9 Å². The fourth-order valence-corrected chi connectivity index (χ4v) is 2.38. The van der Waals surface area contributed by atoms with Crippen molar-refractivity contribution in [3.63, 3.8) is 0 Å². The van der Waals surface area contributed by atoms with Crippen molar-refractivity contribution in [2.75, 3.05) is 5.32 Å². The van der Waals surface area contributed by atoms with Crippen LogP contribution in [0.5, 0.6) is 0 Å². The summed E-state index contributed by atoms with van der Waals surface area (Å²) in [4.78, 5) is 11.2. The van der Waals surface area contributed by atoms with E-state index < -0.39 is 5.97 Å². The zero-order valence-corrected chi connectivity index (χ0v) is 14.3. The highest BCUT2D eigenvalue weighted by molar-refractivity contribution is 9.11. The SMILES string of the molecule is CC.O=C(O)c1cccc(Br)c1Nc1ccccc1Br. The Bertz CT molecular complexity index is 600. The first-order valence-corrected chi connectivity index (χ1v) is 7.71. The number of nitrogens with one attached hydrogen (secondary N) is 1. The highest BCUT2D eigenvalue weighted by Crippen LogP contribution is 2.32. The number of rotatable bonds is 3. The van der Waals surface area contributed by atoms with E-state index in [4.69, 9.17) is 5.11 Å². The zero-order valence-electron chi connectivity index (χ0n) is 11.2. The normalized spacial score (nSPS) is 9.40. The largest absolute Gasteiger partial charge is 0.478 e. The predicted molar refractivity (Wildman–Crippen MR) is 89.9 cm³/mol. The van der Waals surface area contributed by atoms with Gasteiger partial charge in [0.15, 0.2) is 0 Å². The molecule has 0 aliphatic rings. The van der Waals surface area contributed by atoms with Crippen LogP contribution in [0, 0.1) is 0 Å². The maximum absolute atomic E-state index is 11.2. The minimum atomic E-state index is -0.967. The third-order valence-electron chi connectivity index (χ3n) is 2.38.